The van der Waals surface area contributed by atoms with Crippen molar-refractivity contribution < 1.29 is 31.7 Å². The summed E-state index contributed by atoms with van der Waals surface area (Å²) in [6.45, 7) is 7.74. The van der Waals surface area contributed by atoms with Crippen LogP contribution < -0.4 is 9.08 Å². The maximum atomic E-state index is 12.5. The van der Waals surface area contributed by atoms with Gasteiger partial charge in [-0.3, -0.25) is 9.69 Å². The molecule has 2 aromatic rings. The first-order valence-electron chi connectivity index (χ1n) is 10.0. The number of carbonyl (C=O) groups is 2. The number of amides is 1. The van der Waals surface area contributed by atoms with Gasteiger partial charge in [0.05, 0.1) is 12.9 Å². The van der Waals surface area contributed by atoms with Crippen LogP contribution in [0.2, 0.25) is 0 Å². The smallest absolute Gasteiger partial charge is 0.335 e. The van der Waals surface area contributed by atoms with Gasteiger partial charge in [0.2, 0.25) is 0 Å². The summed E-state index contributed by atoms with van der Waals surface area (Å²) in [5, 5.41) is 0. The molecule has 32 heavy (non-hydrogen) atoms. The lowest BCUT2D eigenvalue weighted by Crippen LogP contribution is -2.29. The van der Waals surface area contributed by atoms with Gasteiger partial charge in [-0.1, -0.05) is 18.7 Å². The summed E-state index contributed by atoms with van der Waals surface area (Å²) >= 11 is 0. The number of benzene rings is 2. The second-order valence-electron chi connectivity index (χ2n) is 6.73. The van der Waals surface area contributed by atoms with Crippen molar-refractivity contribution in [3.05, 3.63) is 66.7 Å². The van der Waals surface area contributed by atoms with Crippen molar-refractivity contribution in [3.63, 3.8) is 0 Å². The van der Waals surface area contributed by atoms with E-state index in [-0.39, 0.29) is 18.3 Å². The normalized spacial score (nSPS) is 12.0. The van der Waals surface area contributed by atoms with Crippen LogP contribution in [0.25, 0.3) is 0 Å². The standard InChI is InChI=1S/C23H27NO7S/c1-5-22(25)24(19-12-14-20(15-13-19)31-32(4,27)28)18-10-8-17(9-11-18)16-21(29-6-2)23(26)30-7-3/h5,8-15,21H,1,6-7,16H2,2-4H3. The molecule has 0 fully saturated rings. The van der Waals surface area contributed by atoms with Crippen LogP contribution in [0.15, 0.2) is 61.2 Å². The molecule has 0 saturated heterocycles. The molecule has 9 heteroatoms. The summed E-state index contributed by atoms with van der Waals surface area (Å²) < 4.78 is 38.0. The Morgan fingerprint density at radius 1 is 1.00 bits per heavy atom. The van der Waals surface area contributed by atoms with Gasteiger partial charge in [0.25, 0.3) is 5.91 Å². The first kappa shape index (κ1) is 25.1. The molecule has 0 saturated carbocycles. The van der Waals surface area contributed by atoms with Gasteiger partial charge in [0, 0.05) is 24.4 Å². The summed E-state index contributed by atoms with van der Waals surface area (Å²) in [4.78, 5) is 26.0. The maximum Gasteiger partial charge on any atom is 0.335 e. The highest BCUT2D eigenvalue weighted by Crippen LogP contribution is 2.28. The fourth-order valence-electron chi connectivity index (χ4n) is 2.96. The topological polar surface area (TPSA) is 99.2 Å². The van der Waals surface area contributed by atoms with E-state index in [0.717, 1.165) is 11.8 Å². The Bertz CT molecular complexity index is 1030. The Hall–Kier alpha value is -3.17. The van der Waals surface area contributed by atoms with E-state index < -0.39 is 22.2 Å². The van der Waals surface area contributed by atoms with E-state index >= 15 is 0 Å². The molecule has 1 atom stereocenters. The van der Waals surface area contributed by atoms with E-state index in [4.69, 9.17) is 13.7 Å². The predicted molar refractivity (Wildman–Crippen MR) is 121 cm³/mol. The minimum Gasteiger partial charge on any atom is -0.464 e. The zero-order chi connectivity index (χ0) is 23.7. The Labute approximate surface area is 188 Å². The monoisotopic (exact) mass is 461 g/mol. The van der Waals surface area contributed by atoms with Crippen molar-refractivity contribution in [3.8, 4) is 5.75 Å². The predicted octanol–water partition coefficient (Wildman–Crippen LogP) is 3.39. The average molecular weight is 462 g/mol. The molecule has 0 aliphatic rings. The molecule has 1 amide bonds. The molecule has 0 aliphatic carbocycles. The lowest BCUT2D eigenvalue weighted by molar-refractivity contribution is -0.156. The second-order valence-corrected chi connectivity index (χ2v) is 8.30. The molecule has 0 aliphatic heterocycles. The first-order valence-corrected chi connectivity index (χ1v) is 11.8. The van der Waals surface area contributed by atoms with Crippen molar-refractivity contribution >= 4 is 33.4 Å². The van der Waals surface area contributed by atoms with Gasteiger partial charge >= 0.3 is 16.1 Å². The van der Waals surface area contributed by atoms with Crippen molar-refractivity contribution in [2.75, 3.05) is 24.4 Å². The van der Waals surface area contributed by atoms with Gasteiger partial charge < -0.3 is 13.7 Å². The number of esters is 1. The number of hydrogen-bond donors (Lipinski definition) is 0. The van der Waals surface area contributed by atoms with Crippen molar-refractivity contribution in [2.24, 2.45) is 0 Å². The fraction of sp³-hybridized carbons (Fsp3) is 0.304. The van der Waals surface area contributed by atoms with Crippen LogP contribution in [0.1, 0.15) is 19.4 Å². The molecular weight excluding hydrogens is 434 g/mol. The molecule has 0 heterocycles. The number of hydrogen-bond acceptors (Lipinski definition) is 7. The fourth-order valence-corrected chi connectivity index (χ4v) is 3.42. The second kappa shape index (κ2) is 11.4. The lowest BCUT2D eigenvalue weighted by atomic mass is 10.1. The van der Waals surface area contributed by atoms with Gasteiger partial charge in [-0.15, -0.1) is 0 Å². The Morgan fingerprint density at radius 2 is 1.56 bits per heavy atom. The van der Waals surface area contributed by atoms with E-state index in [1.54, 1.807) is 50.2 Å². The van der Waals surface area contributed by atoms with Gasteiger partial charge in [0.1, 0.15) is 5.75 Å². The highest BCUT2D eigenvalue weighted by Gasteiger charge is 2.21. The third-order valence-electron chi connectivity index (χ3n) is 4.27. The van der Waals surface area contributed by atoms with Gasteiger partial charge in [-0.2, -0.15) is 8.42 Å². The molecule has 0 N–H and O–H groups in total. The lowest BCUT2D eigenvalue weighted by Gasteiger charge is -2.22. The molecule has 2 aromatic carbocycles. The van der Waals surface area contributed by atoms with Gasteiger partial charge in [-0.25, -0.2) is 4.79 Å². The zero-order valence-corrected chi connectivity index (χ0v) is 19.1. The van der Waals surface area contributed by atoms with Crippen LogP contribution in [-0.2, 0) is 35.6 Å². The van der Waals surface area contributed by atoms with E-state index in [0.29, 0.717) is 24.4 Å². The third kappa shape index (κ3) is 7.21. The van der Waals surface area contributed by atoms with E-state index in [1.807, 2.05) is 0 Å². The van der Waals surface area contributed by atoms with Crippen LogP contribution in [0, 0.1) is 0 Å². The highest BCUT2D eigenvalue weighted by molar-refractivity contribution is 7.86. The van der Waals surface area contributed by atoms with Crippen LogP contribution >= 0.6 is 0 Å². The minimum absolute atomic E-state index is 0.138. The summed E-state index contributed by atoms with van der Waals surface area (Å²) in [6, 6.07) is 13.1. The summed E-state index contributed by atoms with van der Waals surface area (Å²) in [7, 11) is -3.65. The summed E-state index contributed by atoms with van der Waals surface area (Å²) in [5.74, 6) is -0.648. The van der Waals surface area contributed by atoms with Gasteiger partial charge in [-0.05, 0) is 61.9 Å². The molecule has 0 bridgehead atoms. The maximum absolute atomic E-state index is 12.5. The zero-order valence-electron chi connectivity index (χ0n) is 18.3. The van der Waals surface area contributed by atoms with E-state index in [9.17, 15) is 18.0 Å². The van der Waals surface area contributed by atoms with Crippen molar-refractivity contribution in [2.45, 2.75) is 26.4 Å². The Morgan fingerprint density at radius 3 is 2.03 bits per heavy atom. The molecule has 8 nitrogen and oxygen atoms in total. The SMILES string of the molecule is C=CC(=O)N(c1ccc(CC(OCC)C(=O)OCC)cc1)c1ccc(OS(C)(=O)=O)cc1. The Balaban J connectivity index is 2.26. The van der Waals surface area contributed by atoms with Crippen LogP contribution in [-0.4, -0.2) is 45.9 Å². The average Bonchev–Trinajstić information content (AvgIpc) is 2.75. The van der Waals surface area contributed by atoms with Crippen molar-refractivity contribution in [1.29, 1.82) is 0 Å². The highest BCUT2D eigenvalue weighted by atomic mass is 32.2. The number of anilines is 2. The molecule has 1 unspecified atom stereocenters. The van der Waals surface area contributed by atoms with Crippen LogP contribution in [0.5, 0.6) is 5.75 Å². The van der Waals surface area contributed by atoms with Crippen LogP contribution in [0.4, 0.5) is 11.4 Å². The minimum atomic E-state index is -3.65. The molecule has 0 spiro atoms. The van der Waals surface area contributed by atoms with Crippen LogP contribution in [0.3, 0.4) is 0 Å². The molecular formula is C23H27NO7S. The number of ether oxygens (including phenoxy) is 2. The van der Waals surface area contributed by atoms with E-state index in [1.165, 1.54) is 23.1 Å². The molecule has 2 rings (SSSR count). The van der Waals surface area contributed by atoms with Gasteiger partial charge in [0.15, 0.2) is 6.10 Å². The summed E-state index contributed by atoms with van der Waals surface area (Å²) in [5.41, 5.74) is 1.91. The number of carbonyl (C=O) groups excluding carboxylic acids is 2. The largest absolute Gasteiger partial charge is 0.464 e. The molecule has 0 radical (unpaired) electrons. The first-order chi connectivity index (χ1) is 15.2. The number of rotatable bonds is 11. The van der Waals surface area contributed by atoms with Crippen molar-refractivity contribution in [1.82, 2.24) is 0 Å². The molecule has 172 valence electrons. The third-order valence-corrected chi connectivity index (χ3v) is 4.77. The van der Waals surface area contributed by atoms with E-state index in [2.05, 4.69) is 6.58 Å². The summed E-state index contributed by atoms with van der Waals surface area (Å²) in [6.07, 6.45) is 1.76. The Kier molecular flexibility index (Phi) is 8.98. The quantitative estimate of drug-likeness (QED) is 0.287. The number of nitrogens with zero attached hydrogens (tertiary/aromatic N) is 1. The molecule has 0 aromatic heterocycles.